The number of nitrogens with zero attached hydrogens (tertiary/aromatic N) is 3. The molecule has 0 saturated carbocycles. The van der Waals surface area contributed by atoms with Gasteiger partial charge >= 0.3 is 18.2 Å². The van der Waals surface area contributed by atoms with Gasteiger partial charge in [-0.15, -0.1) is 13.2 Å². The summed E-state index contributed by atoms with van der Waals surface area (Å²) in [6, 6.07) is 5.51. The third kappa shape index (κ3) is 4.23. The Morgan fingerprint density at radius 3 is 2.69 bits per heavy atom. The lowest BCUT2D eigenvalue weighted by Gasteiger charge is -2.25. The van der Waals surface area contributed by atoms with Crippen molar-refractivity contribution in [3.63, 3.8) is 0 Å². The Morgan fingerprint density at radius 1 is 1.38 bits per heavy atom. The van der Waals surface area contributed by atoms with Gasteiger partial charge in [0.05, 0.1) is 12.6 Å². The van der Waals surface area contributed by atoms with Gasteiger partial charge in [-0.1, -0.05) is 12.1 Å². The van der Waals surface area contributed by atoms with E-state index in [1.807, 2.05) is 0 Å². The summed E-state index contributed by atoms with van der Waals surface area (Å²) in [6.45, 7) is 2.22. The summed E-state index contributed by atoms with van der Waals surface area (Å²) in [7, 11) is 0. The first-order valence-electron chi connectivity index (χ1n) is 7.57. The minimum Gasteiger partial charge on any atom is -0.443 e. The molecule has 0 unspecified atom stereocenters. The molecule has 0 spiro atoms. The summed E-state index contributed by atoms with van der Waals surface area (Å²) in [5.74, 6) is -0.626. The summed E-state index contributed by atoms with van der Waals surface area (Å²) < 4.78 is 53.0. The maximum absolute atomic E-state index is 12.2. The highest BCUT2D eigenvalue weighted by molar-refractivity contribution is 5.28. The van der Waals surface area contributed by atoms with Crippen LogP contribution >= 0.6 is 0 Å². The SMILES string of the molecule is C[C@@H](O[C@@H]1COc2nc([N+](=O)[O-])cn2C1)c1ccc(OC(F)(F)F)cc1. The molecule has 26 heavy (non-hydrogen) atoms. The predicted molar refractivity (Wildman–Crippen MR) is 80.8 cm³/mol. The number of aromatic nitrogens is 2. The average Bonchev–Trinajstić information content (AvgIpc) is 2.97. The van der Waals surface area contributed by atoms with Crippen LogP contribution in [0.4, 0.5) is 19.0 Å². The van der Waals surface area contributed by atoms with Crippen molar-refractivity contribution in [1.29, 1.82) is 0 Å². The minimum absolute atomic E-state index is 0.151. The molecular formula is C15H14F3N3O5. The molecule has 0 radical (unpaired) electrons. The smallest absolute Gasteiger partial charge is 0.443 e. The van der Waals surface area contributed by atoms with E-state index in [1.54, 1.807) is 6.92 Å². The fraction of sp³-hybridized carbons (Fsp3) is 0.400. The molecule has 0 N–H and O–H groups in total. The van der Waals surface area contributed by atoms with Gasteiger partial charge in [0.1, 0.15) is 24.7 Å². The van der Waals surface area contributed by atoms with E-state index in [-0.39, 0.29) is 24.2 Å². The summed E-state index contributed by atoms with van der Waals surface area (Å²) in [4.78, 5) is 13.9. The number of benzene rings is 1. The Bertz CT molecular complexity index is 791. The van der Waals surface area contributed by atoms with Gasteiger partial charge in [-0.3, -0.25) is 4.57 Å². The Balaban J connectivity index is 1.61. The maximum atomic E-state index is 12.2. The van der Waals surface area contributed by atoms with Gasteiger partial charge in [0, 0.05) is 4.98 Å². The minimum atomic E-state index is -4.74. The van der Waals surface area contributed by atoms with Crippen LogP contribution in [0.3, 0.4) is 0 Å². The van der Waals surface area contributed by atoms with Crippen LogP contribution in [0.1, 0.15) is 18.6 Å². The van der Waals surface area contributed by atoms with Gasteiger partial charge in [0.15, 0.2) is 0 Å². The van der Waals surface area contributed by atoms with E-state index in [0.29, 0.717) is 12.1 Å². The van der Waals surface area contributed by atoms with E-state index in [2.05, 4.69) is 9.72 Å². The molecule has 1 aromatic carbocycles. The van der Waals surface area contributed by atoms with Crippen LogP contribution in [0.2, 0.25) is 0 Å². The molecule has 0 fully saturated rings. The van der Waals surface area contributed by atoms with Crippen molar-refractivity contribution in [2.75, 3.05) is 6.61 Å². The van der Waals surface area contributed by atoms with Crippen LogP contribution < -0.4 is 9.47 Å². The van der Waals surface area contributed by atoms with E-state index in [1.165, 1.54) is 35.0 Å². The highest BCUT2D eigenvalue weighted by Crippen LogP contribution is 2.28. The molecule has 140 valence electrons. The van der Waals surface area contributed by atoms with Crippen LogP contribution in [0.15, 0.2) is 30.5 Å². The van der Waals surface area contributed by atoms with Crippen molar-refractivity contribution >= 4 is 5.82 Å². The largest absolute Gasteiger partial charge is 0.573 e. The van der Waals surface area contributed by atoms with Gasteiger partial charge < -0.3 is 24.3 Å². The number of imidazole rings is 1. The van der Waals surface area contributed by atoms with Gasteiger partial charge in [0.25, 0.3) is 0 Å². The first-order chi connectivity index (χ1) is 12.2. The third-order valence-electron chi connectivity index (χ3n) is 3.69. The van der Waals surface area contributed by atoms with Crippen LogP contribution in [0.25, 0.3) is 0 Å². The summed E-state index contributed by atoms with van der Waals surface area (Å²) >= 11 is 0. The molecule has 0 bridgehead atoms. The van der Waals surface area contributed by atoms with E-state index >= 15 is 0 Å². The van der Waals surface area contributed by atoms with Gasteiger partial charge in [-0.25, -0.2) is 0 Å². The van der Waals surface area contributed by atoms with Gasteiger partial charge in [0.2, 0.25) is 0 Å². The van der Waals surface area contributed by atoms with Crippen molar-refractivity contribution in [3.05, 3.63) is 46.1 Å². The zero-order valence-corrected chi connectivity index (χ0v) is 13.5. The molecular weight excluding hydrogens is 359 g/mol. The zero-order valence-electron chi connectivity index (χ0n) is 13.5. The van der Waals surface area contributed by atoms with Crippen molar-refractivity contribution in [3.8, 4) is 11.8 Å². The second-order valence-corrected chi connectivity index (χ2v) is 5.62. The second kappa shape index (κ2) is 6.83. The summed E-state index contributed by atoms with van der Waals surface area (Å²) in [5.41, 5.74) is 0.655. The number of fused-ring (bicyclic) bond motifs is 1. The molecule has 2 aromatic rings. The molecule has 3 rings (SSSR count). The number of nitro groups is 1. The van der Waals surface area contributed by atoms with Crippen molar-refractivity contribution in [2.45, 2.75) is 32.0 Å². The Morgan fingerprint density at radius 2 is 2.08 bits per heavy atom. The first kappa shape index (κ1) is 18.0. The quantitative estimate of drug-likeness (QED) is 0.591. The van der Waals surface area contributed by atoms with Crippen LogP contribution in [0.5, 0.6) is 11.8 Å². The van der Waals surface area contributed by atoms with E-state index < -0.39 is 23.5 Å². The molecule has 11 heteroatoms. The number of rotatable bonds is 5. The molecule has 0 aliphatic carbocycles. The number of hydrogen-bond acceptors (Lipinski definition) is 6. The summed E-state index contributed by atoms with van der Waals surface area (Å²) in [6.07, 6.45) is -4.30. The van der Waals surface area contributed by atoms with E-state index in [4.69, 9.17) is 9.47 Å². The van der Waals surface area contributed by atoms with Crippen LogP contribution in [-0.2, 0) is 11.3 Å². The van der Waals surface area contributed by atoms with Crippen LogP contribution in [-0.4, -0.2) is 33.5 Å². The average molecular weight is 373 g/mol. The zero-order chi connectivity index (χ0) is 18.9. The van der Waals surface area contributed by atoms with Gasteiger partial charge in [-0.05, 0) is 29.5 Å². The molecule has 1 aromatic heterocycles. The monoisotopic (exact) mass is 373 g/mol. The number of ether oxygens (including phenoxy) is 3. The molecule has 0 saturated heterocycles. The number of hydrogen-bond donors (Lipinski definition) is 0. The lowest BCUT2D eigenvalue weighted by Crippen LogP contribution is -2.32. The normalized spacial score (nSPS) is 17.9. The lowest BCUT2D eigenvalue weighted by molar-refractivity contribution is -0.389. The first-order valence-corrected chi connectivity index (χ1v) is 7.57. The topological polar surface area (TPSA) is 88.6 Å². The molecule has 2 atom stereocenters. The van der Waals surface area contributed by atoms with Crippen molar-refractivity contribution < 1.29 is 32.3 Å². The number of halogens is 3. The third-order valence-corrected chi connectivity index (χ3v) is 3.69. The molecule has 0 amide bonds. The standard InChI is InChI=1S/C15H14F3N3O5/c1-9(10-2-4-11(5-3-10)26-15(16,17)18)25-12-6-20-7-13(21(22)23)19-14(20)24-8-12/h2-5,7,9,12H,6,8H2,1H3/t9-,12+/m1/s1. The molecule has 1 aliphatic heterocycles. The Kier molecular flexibility index (Phi) is 4.72. The van der Waals surface area contributed by atoms with Gasteiger partial charge in [-0.2, -0.15) is 0 Å². The van der Waals surface area contributed by atoms with Crippen LogP contribution in [0, 0.1) is 10.1 Å². The molecule has 1 aliphatic rings. The Hall–Kier alpha value is -2.82. The fourth-order valence-corrected chi connectivity index (χ4v) is 2.55. The fourth-order valence-electron chi connectivity index (χ4n) is 2.55. The van der Waals surface area contributed by atoms with E-state index in [0.717, 1.165) is 0 Å². The highest BCUT2D eigenvalue weighted by atomic mass is 19.4. The summed E-state index contributed by atoms with van der Waals surface area (Å²) in [5, 5.41) is 10.7. The maximum Gasteiger partial charge on any atom is 0.573 e. The Labute approximate surface area is 145 Å². The highest BCUT2D eigenvalue weighted by Gasteiger charge is 2.31. The lowest BCUT2D eigenvalue weighted by atomic mass is 10.1. The number of alkyl halides is 3. The molecule has 8 nitrogen and oxygen atoms in total. The second-order valence-electron chi connectivity index (χ2n) is 5.62. The van der Waals surface area contributed by atoms with E-state index in [9.17, 15) is 23.3 Å². The van der Waals surface area contributed by atoms with Crippen molar-refractivity contribution in [1.82, 2.24) is 9.55 Å². The van der Waals surface area contributed by atoms with Crippen molar-refractivity contribution in [2.24, 2.45) is 0 Å². The predicted octanol–water partition coefficient (Wildman–Crippen LogP) is 3.23. The molecule has 2 heterocycles.